The maximum atomic E-state index is 11.7. The molecule has 0 amide bonds. The molecule has 0 aromatic heterocycles. The molecule has 0 saturated heterocycles. The zero-order valence-electron chi connectivity index (χ0n) is 12.4. The molecule has 112 valence electrons. The lowest BCUT2D eigenvalue weighted by Gasteiger charge is -2.29. The summed E-state index contributed by atoms with van der Waals surface area (Å²) in [6.07, 6.45) is 0. The minimum atomic E-state index is -4.33. The van der Waals surface area contributed by atoms with E-state index in [1.165, 1.54) is 7.05 Å². The van der Waals surface area contributed by atoms with Gasteiger partial charge in [-0.25, -0.2) is 9.24 Å². The Bertz CT molecular complexity index is 601. The molecule has 0 bridgehead atoms. The van der Waals surface area contributed by atoms with Gasteiger partial charge in [-0.1, -0.05) is 59.7 Å². The first-order valence-corrected chi connectivity index (χ1v) is 8.27. The molecule has 2 aromatic carbocycles. The van der Waals surface area contributed by atoms with E-state index in [2.05, 4.69) is 0 Å². The van der Waals surface area contributed by atoms with E-state index in [9.17, 15) is 14.4 Å². The summed E-state index contributed by atoms with van der Waals surface area (Å²) in [4.78, 5) is 19.1. The largest absolute Gasteiger partial charge is 0.403 e. The highest BCUT2D eigenvalue weighted by atomic mass is 31.2. The van der Waals surface area contributed by atoms with E-state index in [4.69, 9.17) is 0 Å². The number of benzene rings is 2. The summed E-state index contributed by atoms with van der Waals surface area (Å²) >= 11 is 0. The van der Waals surface area contributed by atoms with Crippen LogP contribution in [0.4, 0.5) is 0 Å². The minimum Gasteiger partial charge on any atom is -0.312 e. The SMILES string of the molecule is Cc1ccc(C(c2ccc(C)cc2)N(C)P(=O)(O)O)cc1. The summed E-state index contributed by atoms with van der Waals surface area (Å²) in [6.45, 7) is 3.97. The summed E-state index contributed by atoms with van der Waals surface area (Å²) in [7, 11) is -2.88. The van der Waals surface area contributed by atoms with Crippen molar-refractivity contribution in [2.75, 3.05) is 7.05 Å². The molecule has 4 nitrogen and oxygen atoms in total. The maximum absolute atomic E-state index is 11.7. The van der Waals surface area contributed by atoms with Crippen LogP contribution >= 0.6 is 7.75 Å². The van der Waals surface area contributed by atoms with Crippen molar-refractivity contribution in [1.29, 1.82) is 0 Å². The van der Waals surface area contributed by atoms with E-state index >= 15 is 0 Å². The second-order valence-electron chi connectivity index (χ2n) is 5.31. The molecular formula is C16H20NO3P. The molecule has 0 spiro atoms. The van der Waals surface area contributed by atoms with Crippen LogP contribution in [0.15, 0.2) is 48.5 Å². The second kappa shape index (κ2) is 6.12. The van der Waals surface area contributed by atoms with Gasteiger partial charge in [0.05, 0.1) is 6.04 Å². The highest BCUT2D eigenvalue weighted by Gasteiger charge is 2.31. The zero-order valence-corrected chi connectivity index (χ0v) is 13.3. The molecule has 0 heterocycles. The third-order valence-electron chi connectivity index (χ3n) is 3.57. The van der Waals surface area contributed by atoms with Gasteiger partial charge in [-0.15, -0.1) is 0 Å². The molecule has 2 aromatic rings. The second-order valence-corrected chi connectivity index (χ2v) is 6.97. The van der Waals surface area contributed by atoms with Gasteiger partial charge >= 0.3 is 7.75 Å². The lowest BCUT2D eigenvalue weighted by atomic mass is 9.97. The smallest absolute Gasteiger partial charge is 0.312 e. The van der Waals surface area contributed by atoms with Gasteiger partial charge in [-0.2, -0.15) is 0 Å². The standard InChI is InChI=1S/C16H20NO3P/c1-12-4-8-14(9-5-12)16(17(3)21(18,19)20)15-10-6-13(2)7-11-15/h4-11,16H,1-3H3,(H2,18,19,20). The highest BCUT2D eigenvalue weighted by Crippen LogP contribution is 2.46. The average molecular weight is 305 g/mol. The molecule has 0 aliphatic carbocycles. The lowest BCUT2D eigenvalue weighted by Crippen LogP contribution is -2.22. The van der Waals surface area contributed by atoms with Crippen molar-refractivity contribution in [3.8, 4) is 0 Å². The normalized spacial score (nSPS) is 12.1. The van der Waals surface area contributed by atoms with Crippen LogP contribution in [0, 0.1) is 13.8 Å². The van der Waals surface area contributed by atoms with Crippen molar-refractivity contribution in [1.82, 2.24) is 4.67 Å². The van der Waals surface area contributed by atoms with E-state index in [1.807, 2.05) is 62.4 Å². The fourth-order valence-electron chi connectivity index (χ4n) is 2.27. The van der Waals surface area contributed by atoms with Gasteiger partial charge in [0.25, 0.3) is 0 Å². The predicted octanol–water partition coefficient (Wildman–Crippen LogP) is 3.42. The Morgan fingerprint density at radius 1 is 0.857 bits per heavy atom. The Kier molecular flexibility index (Phi) is 4.64. The number of rotatable bonds is 4. The van der Waals surface area contributed by atoms with Gasteiger partial charge in [0.15, 0.2) is 0 Å². The number of hydrogen-bond donors (Lipinski definition) is 2. The Balaban J connectivity index is 2.51. The summed E-state index contributed by atoms with van der Waals surface area (Å²) in [6, 6.07) is 14.9. The van der Waals surface area contributed by atoms with Crippen molar-refractivity contribution in [2.45, 2.75) is 19.9 Å². The molecule has 0 fully saturated rings. The van der Waals surface area contributed by atoms with Gasteiger partial charge in [-0.3, -0.25) is 0 Å². The first kappa shape index (κ1) is 15.9. The van der Waals surface area contributed by atoms with Crippen LogP contribution in [0.1, 0.15) is 28.3 Å². The Hall–Kier alpha value is -1.45. The molecular weight excluding hydrogens is 285 g/mol. The number of hydrogen-bond acceptors (Lipinski definition) is 1. The van der Waals surface area contributed by atoms with Crippen LogP contribution in [-0.2, 0) is 4.57 Å². The molecule has 0 aliphatic rings. The van der Waals surface area contributed by atoms with Gasteiger partial charge in [0, 0.05) is 0 Å². The molecule has 0 unspecified atom stereocenters. The summed E-state index contributed by atoms with van der Waals surface area (Å²) in [5.41, 5.74) is 3.94. The molecule has 5 heteroatoms. The van der Waals surface area contributed by atoms with Gasteiger partial charge in [-0.05, 0) is 32.0 Å². The van der Waals surface area contributed by atoms with Crippen molar-refractivity contribution < 1.29 is 14.4 Å². The average Bonchev–Trinajstić information content (AvgIpc) is 2.42. The third kappa shape index (κ3) is 3.80. The lowest BCUT2D eigenvalue weighted by molar-refractivity contribution is 0.270. The molecule has 2 rings (SSSR count). The minimum absolute atomic E-state index is 0.480. The first-order chi connectivity index (χ1) is 9.79. The summed E-state index contributed by atoms with van der Waals surface area (Å²) in [5.74, 6) is 0. The van der Waals surface area contributed by atoms with Crippen molar-refractivity contribution in [3.63, 3.8) is 0 Å². The van der Waals surface area contributed by atoms with Crippen LogP contribution in [0.25, 0.3) is 0 Å². The topological polar surface area (TPSA) is 60.8 Å². The third-order valence-corrected chi connectivity index (χ3v) is 4.62. The van der Waals surface area contributed by atoms with E-state index in [0.717, 1.165) is 26.9 Å². The molecule has 0 aliphatic heterocycles. The highest BCUT2D eigenvalue weighted by molar-refractivity contribution is 7.49. The monoisotopic (exact) mass is 305 g/mol. The van der Waals surface area contributed by atoms with E-state index < -0.39 is 13.8 Å². The number of nitrogens with zero attached hydrogens (tertiary/aromatic N) is 1. The van der Waals surface area contributed by atoms with E-state index in [-0.39, 0.29) is 0 Å². The summed E-state index contributed by atoms with van der Waals surface area (Å²) < 4.78 is 12.8. The fourth-order valence-corrected chi connectivity index (χ4v) is 2.84. The van der Waals surface area contributed by atoms with Crippen LogP contribution in [-0.4, -0.2) is 21.5 Å². The Labute approximate surface area is 125 Å². The van der Waals surface area contributed by atoms with Crippen molar-refractivity contribution in [2.24, 2.45) is 0 Å². The van der Waals surface area contributed by atoms with Crippen LogP contribution in [0.5, 0.6) is 0 Å². The zero-order chi connectivity index (χ0) is 15.6. The quantitative estimate of drug-likeness (QED) is 0.850. The van der Waals surface area contributed by atoms with Crippen molar-refractivity contribution >= 4 is 7.75 Å². The van der Waals surface area contributed by atoms with E-state index in [1.54, 1.807) is 0 Å². The number of aryl methyl sites for hydroxylation is 2. The van der Waals surface area contributed by atoms with Crippen molar-refractivity contribution in [3.05, 3.63) is 70.8 Å². The molecule has 0 atom stereocenters. The van der Waals surface area contributed by atoms with Crippen LogP contribution in [0.2, 0.25) is 0 Å². The van der Waals surface area contributed by atoms with E-state index in [0.29, 0.717) is 0 Å². The van der Waals surface area contributed by atoms with Gasteiger partial charge in [0.2, 0.25) is 0 Å². The first-order valence-electron chi connectivity index (χ1n) is 6.71. The molecule has 21 heavy (non-hydrogen) atoms. The Morgan fingerprint density at radius 2 is 1.19 bits per heavy atom. The van der Waals surface area contributed by atoms with Gasteiger partial charge < -0.3 is 9.79 Å². The molecule has 0 radical (unpaired) electrons. The van der Waals surface area contributed by atoms with Crippen LogP contribution < -0.4 is 0 Å². The fraction of sp³-hybridized carbons (Fsp3) is 0.250. The van der Waals surface area contributed by atoms with Crippen LogP contribution in [0.3, 0.4) is 0 Å². The maximum Gasteiger partial charge on any atom is 0.403 e. The summed E-state index contributed by atoms with van der Waals surface area (Å²) in [5, 5.41) is 0. The Morgan fingerprint density at radius 3 is 1.48 bits per heavy atom. The van der Waals surface area contributed by atoms with Gasteiger partial charge in [0.1, 0.15) is 0 Å². The molecule has 2 N–H and O–H groups in total. The predicted molar refractivity (Wildman–Crippen MR) is 84.0 cm³/mol. The molecule has 0 saturated carbocycles.